The van der Waals surface area contributed by atoms with Gasteiger partial charge in [0, 0.05) is 19.8 Å². The van der Waals surface area contributed by atoms with Crippen LogP contribution in [0.3, 0.4) is 0 Å². The monoisotopic (exact) mass is 287 g/mol. The van der Waals surface area contributed by atoms with Gasteiger partial charge in [0.25, 0.3) is 0 Å². The molecule has 0 unspecified atom stereocenters. The molecule has 3 nitrogen and oxygen atoms in total. The molecule has 1 aliphatic rings. The average molecular weight is 288 g/mol. The molecule has 0 radical (unpaired) electrons. The third-order valence-corrected chi connectivity index (χ3v) is 4.06. The van der Waals surface area contributed by atoms with E-state index in [4.69, 9.17) is 11.6 Å². The van der Waals surface area contributed by atoms with Crippen molar-refractivity contribution in [3.63, 3.8) is 0 Å². The molecule has 1 aliphatic heterocycles. The quantitative estimate of drug-likeness (QED) is 0.916. The van der Waals surface area contributed by atoms with Gasteiger partial charge in [-0.2, -0.15) is 0 Å². The number of nitrogens with zero attached hydrogens (tertiary/aromatic N) is 2. The Hall–Kier alpha value is -1.58. The molecule has 1 aromatic heterocycles. The van der Waals surface area contributed by atoms with Gasteiger partial charge in [0.05, 0.1) is 10.7 Å². The predicted molar refractivity (Wildman–Crippen MR) is 83.8 cm³/mol. The zero-order valence-corrected chi connectivity index (χ0v) is 12.3. The lowest BCUT2D eigenvalue weighted by atomic mass is 10.0. The van der Waals surface area contributed by atoms with Crippen LogP contribution < -0.4 is 10.2 Å². The summed E-state index contributed by atoms with van der Waals surface area (Å²) < 4.78 is 0. The van der Waals surface area contributed by atoms with Gasteiger partial charge in [0.2, 0.25) is 0 Å². The lowest BCUT2D eigenvalue weighted by molar-refractivity contribution is 0.681. The molecule has 0 fully saturated rings. The molecule has 0 spiro atoms. The standard InChI is InChI=1S/C16H18ClN3/c1-20(15-6-2-3-10-19-15)16-13-5-4-9-18-11-12(13)7-8-14(16)17/h2-3,6-8,10,18H,4-5,9,11H2,1H3. The summed E-state index contributed by atoms with van der Waals surface area (Å²) in [6.07, 6.45) is 3.99. The van der Waals surface area contributed by atoms with Gasteiger partial charge in [-0.3, -0.25) is 0 Å². The van der Waals surface area contributed by atoms with Crippen molar-refractivity contribution in [2.75, 3.05) is 18.5 Å². The van der Waals surface area contributed by atoms with Gasteiger partial charge in [-0.25, -0.2) is 4.98 Å². The van der Waals surface area contributed by atoms with E-state index in [9.17, 15) is 0 Å². The number of rotatable bonds is 2. The van der Waals surface area contributed by atoms with Crippen LogP contribution in [0.25, 0.3) is 0 Å². The molecule has 104 valence electrons. The highest BCUT2D eigenvalue weighted by molar-refractivity contribution is 6.33. The highest BCUT2D eigenvalue weighted by Gasteiger charge is 2.18. The molecule has 1 aromatic carbocycles. The zero-order valence-electron chi connectivity index (χ0n) is 11.6. The van der Waals surface area contributed by atoms with Crippen molar-refractivity contribution in [2.24, 2.45) is 0 Å². The smallest absolute Gasteiger partial charge is 0.132 e. The zero-order chi connectivity index (χ0) is 13.9. The Morgan fingerprint density at radius 1 is 1.25 bits per heavy atom. The summed E-state index contributed by atoms with van der Waals surface area (Å²) in [5.41, 5.74) is 3.77. The van der Waals surface area contributed by atoms with Gasteiger partial charge in [-0.1, -0.05) is 23.7 Å². The molecule has 0 atom stereocenters. The Morgan fingerprint density at radius 2 is 2.15 bits per heavy atom. The Bertz CT molecular complexity index is 598. The first-order valence-corrected chi connectivity index (χ1v) is 7.31. The van der Waals surface area contributed by atoms with Crippen molar-refractivity contribution in [3.05, 3.63) is 52.7 Å². The molecule has 0 amide bonds. The van der Waals surface area contributed by atoms with Crippen LogP contribution in [0.2, 0.25) is 5.02 Å². The number of fused-ring (bicyclic) bond motifs is 1. The molecule has 1 N–H and O–H groups in total. The predicted octanol–water partition coefficient (Wildman–Crippen LogP) is 3.54. The molecule has 4 heteroatoms. The molecular weight excluding hydrogens is 270 g/mol. The Kier molecular flexibility index (Phi) is 3.90. The van der Waals surface area contributed by atoms with Crippen LogP contribution in [-0.4, -0.2) is 18.6 Å². The van der Waals surface area contributed by atoms with E-state index < -0.39 is 0 Å². The van der Waals surface area contributed by atoms with E-state index in [1.165, 1.54) is 11.1 Å². The molecule has 2 aromatic rings. The minimum atomic E-state index is 0.791. The van der Waals surface area contributed by atoms with Crippen LogP contribution in [-0.2, 0) is 13.0 Å². The second-order valence-electron chi connectivity index (χ2n) is 5.06. The van der Waals surface area contributed by atoms with Gasteiger partial charge < -0.3 is 10.2 Å². The number of nitrogens with one attached hydrogen (secondary N) is 1. The lowest BCUT2D eigenvalue weighted by Gasteiger charge is -2.24. The third kappa shape index (κ3) is 2.51. The van der Waals surface area contributed by atoms with Crippen molar-refractivity contribution < 1.29 is 0 Å². The molecule has 0 aliphatic carbocycles. The normalized spacial score (nSPS) is 14.5. The third-order valence-electron chi connectivity index (χ3n) is 3.75. The SMILES string of the molecule is CN(c1ccccn1)c1c(Cl)ccc2c1CCCNC2. The maximum atomic E-state index is 6.47. The van der Waals surface area contributed by atoms with Crippen LogP contribution in [0.1, 0.15) is 17.5 Å². The van der Waals surface area contributed by atoms with Gasteiger partial charge in [0.15, 0.2) is 0 Å². The Balaban J connectivity index is 2.08. The molecular formula is C16H18ClN3. The first-order valence-electron chi connectivity index (χ1n) is 6.93. The van der Waals surface area contributed by atoms with E-state index in [-0.39, 0.29) is 0 Å². The van der Waals surface area contributed by atoms with Crippen molar-refractivity contribution in [1.29, 1.82) is 0 Å². The van der Waals surface area contributed by atoms with Gasteiger partial charge in [-0.15, -0.1) is 0 Å². The van der Waals surface area contributed by atoms with Crippen LogP contribution >= 0.6 is 11.6 Å². The highest BCUT2D eigenvalue weighted by atomic mass is 35.5. The lowest BCUT2D eigenvalue weighted by Crippen LogP contribution is -2.15. The van der Waals surface area contributed by atoms with Gasteiger partial charge in [-0.05, 0) is 48.7 Å². The molecule has 0 bridgehead atoms. The topological polar surface area (TPSA) is 28.2 Å². The summed E-state index contributed by atoms with van der Waals surface area (Å²) in [6.45, 7) is 1.97. The Morgan fingerprint density at radius 3 is 2.95 bits per heavy atom. The van der Waals surface area contributed by atoms with Crippen LogP contribution in [0.4, 0.5) is 11.5 Å². The van der Waals surface area contributed by atoms with E-state index in [1.54, 1.807) is 0 Å². The number of aromatic nitrogens is 1. The van der Waals surface area contributed by atoms with Gasteiger partial charge >= 0.3 is 0 Å². The van der Waals surface area contributed by atoms with E-state index in [0.717, 1.165) is 42.5 Å². The van der Waals surface area contributed by atoms with Crippen molar-refractivity contribution in [2.45, 2.75) is 19.4 Å². The van der Waals surface area contributed by atoms with Crippen LogP contribution in [0, 0.1) is 0 Å². The summed E-state index contributed by atoms with van der Waals surface area (Å²) in [5, 5.41) is 4.24. The first kappa shape index (κ1) is 13.4. The largest absolute Gasteiger partial charge is 0.328 e. The van der Waals surface area contributed by atoms with E-state index in [0.29, 0.717) is 0 Å². The second kappa shape index (κ2) is 5.81. The van der Waals surface area contributed by atoms with E-state index in [1.807, 2.05) is 37.5 Å². The summed E-state index contributed by atoms with van der Waals surface area (Å²) in [7, 11) is 2.03. The van der Waals surface area contributed by atoms with Gasteiger partial charge in [0.1, 0.15) is 5.82 Å². The van der Waals surface area contributed by atoms with E-state index >= 15 is 0 Å². The summed E-state index contributed by atoms with van der Waals surface area (Å²) in [6, 6.07) is 10.0. The first-order chi connectivity index (χ1) is 9.77. The minimum absolute atomic E-state index is 0.791. The summed E-state index contributed by atoms with van der Waals surface area (Å²) in [5.74, 6) is 0.917. The fourth-order valence-corrected chi connectivity index (χ4v) is 3.04. The van der Waals surface area contributed by atoms with Crippen molar-refractivity contribution in [3.8, 4) is 0 Å². The number of benzene rings is 1. The molecule has 2 heterocycles. The highest BCUT2D eigenvalue weighted by Crippen LogP contribution is 2.36. The molecule has 0 saturated carbocycles. The fraction of sp³-hybridized carbons (Fsp3) is 0.312. The minimum Gasteiger partial charge on any atom is -0.328 e. The maximum absolute atomic E-state index is 6.47. The molecule has 3 rings (SSSR count). The molecule has 0 saturated heterocycles. The average Bonchev–Trinajstić information content (AvgIpc) is 2.73. The number of hydrogen-bond donors (Lipinski definition) is 1. The fourth-order valence-electron chi connectivity index (χ4n) is 2.74. The van der Waals surface area contributed by atoms with Crippen LogP contribution in [0.5, 0.6) is 0 Å². The van der Waals surface area contributed by atoms with Crippen LogP contribution in [0.15, 0.2) is 36.5 Å². The number of halogens is 1. The number of hydrogen-bond acceptors (Lipinski definition) is 3. The van der Waals surface area contributed by atoms with Crippen molar-refractivity contribution >= 4 is 23.1 Å². The van der Waals surface area contributed by atoms with Crippen molar-refractivity contribution in [1.82, 2.24) is 10.3 Å². The summed E-state index contributed by atoms with van der Waals surface area (Å²) >= 11 is 6.47. The number of anilines is 2. The van der Waals surface area contributed by atoms with E-state index in [2.05, 4.69) is 21.3 Å². The molecule has 20 heavy (non-hydrogen) atoms. The summed E-state index contributed by atoms with van der Waals surface area (Å²) in [4.78, 5) is 6.51. The maximum Gasteiger partial charge on any atom is 0.132 e. The Labute approximate surface area is 124 Å². The second-order valence-corrected chi connectivity index (χ2v) is 5.47. The number of pyridine rings is 1.